The highest BCUT2D eigenvalue weighted by Gasteiger charge is 2.32. The first kappa shape index (κ1) is 10.7. The van der Waals surface area contributed by atoms with Crippen LogP contribution in [0.2, 0.25) is 0 Å². The highest BCUT2D eigenvalue weighted by atomic mass is 16.6. The average Bonchev–Trinajstić information content (AvgIpc) is 2.29. The second kappa shape index (κ2) is 3.96. The molecular formula is C12H12O4. The maximum absolute atomic E-state index is 11.6. The summed E-state index contributed by atoms with van der Waals surface area (Å²) in [7, 11) is 1.28. The van der Waals surface area contributed by atoms with Gasteiger partial charge >= 0.3 is 11.9 Å². The summed E-state index contributed by atoms with van der Waals surface area (Å²) in [6, 6.07) is 5.41. The Balaban J connectivity index is 2.39. The van der Waals surface area contributed by atoms with Crippen molar-refractivity contribution in [2.75, 3.05) is 7.11 Å². The van der Waals surface area contributed by atoms with Gasteiger partial charge in [-0.25, -0.2) is 9.59 Å². The standard InChI is InChI=1S/C12H12O4/c1-7-4-3-5-8-9(7)6-10(12(14)15-2)16-11(8)13/h3-5,10H,6H2,1-2H3. The number of ether oxygens (including phenoxy) is 2. The summed E-state index contributed by atoms with van der Waals surface area (Å²) >= 11 is 0. The Bertz CT molecular complexity index is 450. The van der Waals surface area contributed by atoms with Crippen LogP contribution in [0.3, 0.4) is 0 Å². The Morgan fingerprint density at radius 2 is 2.25 bits per heavy atom. The molecule has 0 aliphatic carbocycles. The van der Waals surface area contributed by atoms with E-state index in [9.17, 15) is 9.59 Å². The average molecular weight is 220 g/mol. The maximum atomic E-state index is 11.6. The van der Waals surface area contributed by atoms with Crippen LogP contribution in [0.25, 0.3) is 0 Å². The summed E-state index contributed by atoms with van der Waals surface area (Å²) in [4.78, 5) is 23.0. The molecule has 0 saturated carbocycles. The van der Waals surface area contributed by atoms with Crippen molar-refractivity contribution in [1.29, 1.82) is 0 Å². The second-order valence-corrected chi connectivity index (χ2v) is 3.72. The summed E-state index contributed by atoms with van der Waals surface area (Å²) in [5.41, 5.74) is 2.40. The van der Waals surface area contributed by atoms with Crippen LogP contribution in [-0.2, 0) is 20.7 Å². The van der Waals surface area contributed by atoms with Crippen molar-refractivity contribution in [3.63, 3.8) is 0 Å². The van der Waals surface area contributed by atoms with Gasteiger partial charge in [0.2, 0.25) is 6.10 Å². The number of carbonyl (C=O) groups is 2. The van der Waals surface area contributed by atoms with Gasteiger partial charge in [-0.1, -0.05) is 12.1 Å². The van der Waals surface area contributed by atoms with Crippen molar-refractivity contribution in [1.82, 2.24) is 0 Å². The van der Waals surface area contributed by atoms with E-state index in [1.54, 1.807) is 12.1 Å². The number of hydrogen-bond acceptors (Lipinski definition) is 4. The number of aryl methyl sites for hydroxylation is 1. The van der Waals surface area contributed by atoms with Crippen molar-refractivity contribution in [3.05, 3.63) is 34.9 Å². The molecule has 4 heteroatoms. The van der Waals surface area contributed by atoms with Gasteiger partial charge in [-0.05, 0) is 24.1 Å². The lowest BCUT2D eigenvalue weighted by atomic mass is 9.94. The quantitative estimate of drug-likeness (QED) is 0.668. The molecule has 1 aliphatic rings. The number of methoxy groups -OCH3 is 1. The molecule has 0 N–H and O–H groups in total. The Morgan fingerprint density at radius 3 is 2.94 bits per heavy atom. The molecule has 1 aliphatic heterocycles. The second-order valence-electron chi connectivity index (χ2n) is 3.72. The molecule has 1 atom stereocenters. The Labute approximate surface area is 93.2 Å². The smallest absolute Gasteiger partial charge is 0.347 e. The van der Waals surface area contributed by atoms with Crippen LogP contribution in [0, 0.1) is 6.92 Å². The molecule has 1 heterocycles. The minimum Gasteiger partial charge on any atom is -0.466 e. The first-order valence-electron chi connectivity index (χ1n) is 5.00. The number of cyclic esters (lactones) is 1. The fourth-order valence-corrected chi connectivity index (χ4v) is 1.85. The van der Waals surface area contributed by atoms with Crippen LogP contribution in [0.15, 0.2) is 18.2 Å². The van der Waals surface area contributed by atoms with Crippen LogP contribution in [0.4, 0.5) is 0 Å². The predicted octanol–water partition coefficient (Wildman–Crippen LogP) is 1.25. The summed E-state index contributed by atoms with van der Waals surface area (Å²) < 4.78 is 9.58. The highest BCUT2D eigenvalue weighted by Crippen LogP contribution is 2.24. The van der Waals surface area contributed by atoms with Crippen LogP contribution in [-0.4, -0.2) is 25.2 Å². The van der Waals surface area contributed by atoms with Crippen molar-refractivity contribution < 1.29 is 19.1 Å². The normalized spacial score (nSPS) is 18.6. The largest absolute Gasteiger partial charge is 0.466 e. The summed E-state index contributed by atoms with van der Waals surface area (Å²) in [6.45, 7) is 1.91. The minimum absolute atomic E-state index is 0.389. The zero-order chi connectivity index (χ0) is 11.7. The van der Waals surface area contributed by atoms with Crippen LogP contribution in [0.5, 0.6) is 0 Å². The number of hydrogen-bond donors (Lipinski definition) is 0. The topological polar surface area (TPSA) is 52.6 Å². The Morgan fingerprint density at radius 1 is 1.50 bits per heavy atom. The van der Waals surface area contributed by atoms with Crippen molar-refractivity contribution in [2.45, 2.75) is 19.4 Å². The zero-order valence-corrected chi connectivity index (χ0v) is 9.15. The summed E-state index contributed by atoms with van der Waals surface area (Å²) in [5, 5.41) is 0. The lowest BCUT2D eigenvalue weighted by Gasteiger charge is -2.23. The van der Waals surface area contributed by atoms with E-state index in [1.165, 1.54) is 7.11 Å². The van der Waals surface area contributed by atoms with Crippen molar-refractivity contribution >= 4 is 11.9 Å². The van der Waals surface area contributed by atoms with E-state index in [4.69, 9.17) is 4.74 Å². The zero-order valence-electron chi connectivity index (χ0n) is 9.15. The van der Waals surface area contributed by atoms with E-state index in [0.29, 0.717) is 12.0 Å². The molecular weight excluding hydrogens is 208 g/mol. The summed E-state index contributed by atoms with van der Waals surface area (Å²) in [5.74, 6) is -0.970. The molecule has 4 nitrogen and oxygen atoms in total. The lowest BCUT2D eigenvalue weighted by molar-refractivity contribution is -0.151. The van der Waals surface area contributed by atoms with E-state index in [1.807, 2.05) is 13.0 Å². The van der Waals surface area contributed by atoms with E-state index >= 15 is 0 Å². The fraction of sp³-hybridized carbons (Fsp3) is 0.333. The number of benzene rings is 1. The van der Waals surface area contributed by atoms with E-state index in [-0.39, 0.29) is 0 Å². The first-order chi connectivity index (χ1) is 7.63. The van der Waals surface area contributed by atoms with Gasteiger partial charge in [0.1, 0.15) is 0 Å². The molecule has 0 radical (unpaired) electrons. The third-order valence-corrected chi connectivity index (χ3v) is 2.73. The number of fused-ring (bicyclic) bond motifs is 1. The van der Waals surface area contributed by atoms with Gasteiger partial charge in [0.15, 0.2) is 0 Å². The fourth-order valence-electron chi connectivity index (χ4n) is 1.85. The highest BCUT2D eigenvalue weighted by molar-refractivity contribution is 5.95. The molecule has 2 rings (SSSR count). The summed E-state index contributed by atoms with van der Waals surface area (Å²) in [6.07, 6.45) is -0.424. The third kappa shape index (κ3) is 1.66. The van der Waals surface area contributed by atoms with Gasteiger partial charge in [0, 0.05) is 6.42 Å². The molecule has 84 valence electrons. The monoisotopic (exact) mass is 220 g/mol. The molecule has 16 heavy (non-hydrogen) atoms. The van der Waals surface area contributed by atoms with E-state index < -0.39 is 18.0 Å². The first-order valence-corrected chi connectivity index (χ1v) is 5.00. The molecule has 1 unspecified atom stereocenters. The van der Waals surface area contributed by atoms with Crippen LogP contribution >= 0.6 is 0 Å². The molecule has 0 aromatic heterocycles. The van der Waals surface area contributed by atoms with E-state index in [0.717, 1.165) is 11.1 Å². The molecule has 0 spiro atoms. The van der Waals surface area contributed by atoms with Crippen molar-refractivity contribution in [2.24, 2.45) is 0 Å². The number of esters is 2. The predicted molar refractivity (Wildman–Crippen MR) is 56.1 cm³/mol. The SMILES string of the molecule is COC(=O)C1Cc2c(C)cccc2C(=O)O1. The molecule has 0 amide bonds. The van der Waals surface area contributed by atoms with Crippen LogP contribution in [0.1, 0.15) is 21.5 Å². The van der Waals surface area contributed by atoms with Gasteiger partial charge in [0.05, 0.1) is 12.7 Å². The third-order valence-electron chi connectivity index (χ3n) is 2.73. The minimum atomic E-state index is -0.814. The molecule has 1 aromatic rings. The number of rotatable bonds is 1. The van der Waals surface area contributed by atoms with E-state index in [2.05, 4.69) is 4.74 Å². The van der Waals surface area contributed by atoms with Gasteiger partial charge in [-0.15, -0.1) is 0 Å². The van der Waals surface area contributed by atoms with Crippen molar-refractivity contribution in [3.8, 4) is 0 Å². The van der Waals surface area contributed by atoms with Gasteiger partial charge in [-0.3, -0.25) is 0 Å². The van der Waals surface area contributed by atoms with Gasteiger partial charge in [-0.2, -0.15) is 0 Å². The van der Waals surface area contributed by atoms with Gasteiger partial charge < -0.3 is 9.47 Å². The molecule has 0 bridgehead atoms. The van der Waals surface area contributed by atoms with Crippen LogP contribution < -0.4 is 0 Å². The molecule has 0 saturated heterocycles. The molecule has 1 aromatic carbocycles. The number of carbonyl (C=O) groups excluding carboxylic acids is 2. The Hall–Kier alpha value is -1.84. The van der Waals surface area contributed by atoms with Gasteiger partial charge in [0.25, 0.3) is 0 Å². The lowest BCUT2D eigenvalue weighted by Crippen LogP contribution is -2.35. The maximum Gasteiger partial charge on any atom is 0.347 e. The molecule has 0 fully saturated rings. The Kier molecular flexibility index (Phi) is 2.64.